The molecule has 0 atom stereocenters. The third-order valence-electron chi connectivity index (χ3n) is 4.44. The van der Waals surface area contributed by atoms with Crippen LogP contribution in [0.1, 0.15) is 25.5 Å². The fourth-order valence-corrected chi connectivity index (χ4v) is 3.08. The Hall–Kier alpha value is -2.37. The number of halogens is 1. The van der Waals surface area contributed by atoms with Gasteiger partial charge in [0.1, 0.15) is 12.1 Å². The van der Waals surface area contributed by atoms with E-state index in [2.05, 4.69) is 15.3 Å². The highest BCUT2D eigenvalue weighted by Gasteiger charge is 2.23. The van der Waals surface area contributed by atoms with Gasteiger partial charge in [0, 0.05) is 19.1 Å². The molecule has 1 aliphatic heterocycles. The van der Waals surface area contributed by atoms with Gasteiger partial charge in [0.05, 0.1) is 18.5 Å². The van der Waals surface area contributed by atoms with Gasteiger partial charge in [-0.15, -0.1) is 0 Å². The number of hydrogen-bond donors (Lipinski definition) is 1. The SMILES string of the molecule is CCc1ncnc(N2CCC(Nc3ccccc3OC)CC2)c1F. The lowest BCUT2D eigenvalue weighted by Crippen LogP contribution is -2.40. The summed E-state index contributed by atoms with van der Waals surface area (Å²) in [6.07, 6.45) is 3.87. The number of benzene rings is 1. The Balaban J connectivity index is 1.64. The fraction of sp³-hybridized carbons (Fsp3) is 0.444. The van der Waals surface area contributed by atoms with Gasteiger partial charge in [-0.3, -0.25) is 0 Å². The van der Waals surface area contributed by atoms with Gasteiger partial charge < -0.3 is 15.0 Å². The number of aryl methyl sites for hydroxylation is 1. The Bertz CT molecular complexity index is 686. The molecule has 0 amide bonds. The predicted molar refractivity (Wildman–Crippen MR) is 93.2 cm³/mol. The Morgan fingerprint density at radius 1 is 1.25 bits per heavy atom. The summed E-state index contributed by atoms with van der Waals surface area (Å²) < 4.78 is 19.8. The fourth-order valence-electron chi connectivity index (χ4n) is 3.08. The second-order valence-corrected chi connectivity index (χ2v) is 5.92. The molecule has 1 saturated heterocycles. The number of para-hydroxylation sites is 2. The summed E-state index contributed by atoms with van der Waals surface area (Å²) in [6.45, 7) is 3.44. The number of hydrogen-bond acceptors (Lipinski definition) is 5. The molecule has 1 aromatic heterocycles. The minimum atomic E-state index is -0.281. The molecule has 5 nitrogen and oxygen atoms in total. The van der Waals surface area contributed by atoms with Crippen LogP contribution in [0.15, 0.2) is 30.6 Å². The Kier molecular flexibility index (Phi) is 5.13. The molecule has 0 radical (unpaired) electrons. The van der Waals surface area contributed by atoms with Crippen LogP contribution in [0.4, 0.5) is 15.9 Å². The van der Waals surface area contributed by atoms with E-state index in [9.17, 15) is 4.39 Å². The maximum atomic E-state index is 14.4. The van der Waals surface area contributed by atoms with Gasteiger partial charge in [0.25, 0.3) is 0 Å². The maximum absolute atomic E-state index is 14.4. The van der Waals surface area contributed by atoms with Gasteiger partial charge in [0.15, 0.2) is 11.6 Å². The quantitative estimate of drug-likeness (QED) is 0.912. The zero-order chi connectivity index (χ0) is 16.9. The van der Waals surface area contributed by atoms with Crippen molar-refractivity contribution in [3.8, 4) is 5.75 Å². The maximum Gasteiger partial charge on any atom is 0.187 e. The normalized spacial score (nSPS) is 15.4. The van der Waals surface area contributed by atoms with Crippen LogP contribution in [-0.2, 0) is 6.42 Å². The van der Waals surface area contributed by atoms with E-state index in [0.29, 0.717) is 24.0 Å². The molecule has 128 valence electrons. The molecule has 1 N–H and O–H groups in total. The number of anilines is 2. The first-order valence-electron chi connectivity index (χ1n) is 8.36. The minimum absolute atomic E-state index is 0.281. The van der Waals surface area contributed by atoms with Crippen molar-refractivity contribution in [3.63, 3.8) is 0 Å². The molecular weight excluding hydrogens is 307 g/mol. The van der Waals surface area contributed by atoms with E-state index in [4.69, 9.17) is 4.74 Å². The lowest BCUT2D eigenvalue weighted by atomic mass is 10.0. The Labute approximate surface area is 141 Å². The van der Waals surface area contributed by atoms with Gasteiger partial charge in [-0.2, -0.15) is 0 Å². The number of methoxy groups -OCH3 is 1. The van der Waals surface area contributed by atoms with Crippen molar-refractivity contribution in [3.05, 3.63) is 42.1 Å². The first-order chi connectivity index (χ1) is 11.7. The molecular formula is C18H23FN4O. The van der Waals surface area contributed by atoms with Crippen molar-refractivity contribution in [1.29, 1.82) is 0 Å². The summed E-state index contributed by atoms with van der Waals surface area (Å²) in [5, 5.41) is 3.53. The average molecular weight is 330 g/mol. The molecule has 0 saturated carbocycles. The minimum Gasteiger partial charge on any atom is -0.495 e. The summed E-state index contributed by atoms with van der Waals surface area (Å²) in [6, 6.07) is 8.24. The van der Waals surface area contributed by atoms with Crippen molar-refractivity contribution < 1.29 is 9.13 Å². The van der Waals surface area contributed by atoms with Crippen molar-refractivity contribution in [1.82, 2.24) is 9.97 Å². The molecule has 3 rings (SSSR count). The summed E-state index contributed by atoms with van der Waals surface area (Å²) in [5.74, 6) is 0.989. The number of nitrogens with zero attached hydrogens (tertiary/aromatic N) is 3. The van der Waals surface area contributed by atoms with Crippen LogP contribution < -0.4 is 15.0 Å². The summed E-state index contributed by atoms with van der Waals surface area (Å²) in [5.41, 5.74) is 1.48. The van der Waals surface area contributed by atoms with Crippen molar-refractivity contribution in [2.75, 3.05) is 30.4 Å². The molecule has 1 aromatic carbocycles. The zero-order valence-electron chi connectivity index (χ0n) is 14.1. The second kappa shape index (κ2) is 7.47. The van der Waals surface area contributed by atoms with E-state index in [0.717, 1.165) is 37.4 Å². The molecule has 24 heavy (non-hydrogen) atoms. The van der Waals surface area contributed by atoms with E-state index in [1.807, 2.05) is 36.1 Å². The molecule has 2 aromatic rings. The third kappa shape index (κ3) is 3.42. The van der Waals surface area contributed by atoms with Gasteiger partial charge in [0.2, 0.25) is 0 Å². The van der Waals surface area contributed by atoms with Crippen molar-refractivity contribution >= 4 is 11.5 Å². The van der Waals surface area contributed by atoms with E-state index in [1.165, 1.54) is 6.33 Å². The Morgan fingerprint density at radius 3 is 2.71 bits per heavy atom. The Morgan fingerprint density at radius 2 is 2.00 bits per heavy atom. The lowest BCUT2D eigenvalue weighted by Gasteiger charge is -2.34. The van der Waals surface area contributed by atoms with Crippen LogP contribution in [0, 0.1) is 5.82 Å². The van der Waals surface area contributed by atoms with Crippen LogP contribution in [0.5, 0.6) is 5.75 Å². The van der Waals surface area contributed by atoms with Gasteiger partial charge >= 0.3 is 0 Å². The lowest BCUT2D eigenvalue weighted by molar-refractivity contribution is 0.415. The first kappa shape index (κ1) is 16.5. The number of rotatable bonds is 5. The standard InChI is InChI=1S/C18H23FN4O/c1-3-14-17(19)18(21-12-20-14)23-10-8-13(9-11-23)22-15-6-4-5-7-16(15)24-2/h4-7,12-13,22H,3,8-11H2,1-2H3. The molecule has 0 spiro atoms. The molecule has 6 heteroatoms. The summed E-state index contributed by atoms with van der Waals surface area (Å²) >= 11 is 0. The third-order valence-corrected chi connectivity index (χ3v) is 4.44. The van der Waals surface area contributed by atoms with Gasteiger partial charge in [-0.05, 0) is 31.4 Å². The molecule has 0 aliphatic carbocycles. The van der Waals surface area contributed by atoms with E-state index >= 15 is 0 Å². The average Bonchev–Trinajstić information content (AvgIpc) is 2.63. The molecule has 1 fully saturated rings. The number of nitrogens with one attached hydrogen (secondary N) is 1. The summed E-state index contributed by atoms with van der Waals surface area (Å²) in [7, 11) is 1.67. The van der Waals surface area contributed by atoms with Gasteiger partial charge in [-0.1, -0.05) is 19.1 Å². The smallest absolute Gasteiger partial charge is 0.187 e. The largest absolute Gasteiger partial charge is 0.495 e. The van der Waals surface area contributed by atoms with Gasteiger partial charge in [-0.25, -0.2) is 14.4 Å². The van der Waals surface area contributed by atoms with E-state index in [-0.39, 0.29) is 5.82 Å². The molecule has 0 unspecified atom stereocenters. The summed E-state index contributed by atoms with van der Waals surface area (Å²) in [4.78, 5) is 10.2. The zero-order valence-corrected chi connectivity index (χ0v) is 14.1. The predicted octanol–water partition coefficient (Wildman–Crippen LogP) is 3.27. The van der Waals surface area contributed by atoms with Crippen molar-refractivity contribution in [2.24, 2.45) is 0 Å². The van der Waals surface area contributed by atoms with Crippen LogP contribution >= 0.6 is 0 Å². The first-order valence-corrected chi connectivity index (χ1v) is 8.36. The monoisotopic (exact) mass is 330 g/mol. The highest BCUT2D eigenvalue weighted by molar-refractivity contribution is 5.57. The van der Waals surface area contributed by atoms with Crippen LogP contribution in [-0.4, -0.2) is 36.2 Å². The highest BCUT2D eigenvalue weighted by Crippen LogP contribution is 2.27. The van der Waals surface area contributed by atoms with Crippen molar-refractivity contribution in [2.45, 2.75) is 32.2 Å². The number of ether oxygens (including phenoxy) is 1. The van der Waals surface area contributed by atoms with Crippen LogP contribution in [0.2, 0.25) is 0 Å². The van der Waals surface area contributed by atoms with Crippen LogP contribution in [0.3, 0.4) is 0 Å². The molecule has 0 bridgehead atoms. The molecule has 2 heterocycles. The second-order valence-electron chi connectivity index (χ2n) is 5.92. The van der Waals surface area contributed by atoms with Crippen LogP contribution in [0.25, 0.3) is 0 Å². The molecule has 1 aliphatic rings. The van der Waals surface area contributed by atoms with E-state index in [1.54, 1.807) is 7.11 Å². The highest BCUT2D eigenvalue weighted by atomic mass is 19.1. The number of piperidine rings is 1. The topological polar surface area (TPSA) is 50.3 Å². The number of aromatic nitrogens is 2. The van der Waals surface area contributed by atoms with E-state index < -0.39 is 0 Å².